The molecule has 5 heteroatoms. The van der Waals surface area contributed by atoms with Gasteiger partial charge in [0.25, 0.3) is 0 Å². The van der Waals surface area contributed by atoms with Gasteiger partial charge in [0.15, 0.2) is 0 Å². The number of hydrogen-bond donors (Lipinski definition) is 3. The number of nitrogens with one attached hydrogen (secondary N) is 1. The molecule has 1 aromatic heterocycles. The lowest BCUT2D eigenvalue weighted by atomic mass is 10.3. The predicted octanol–water partition coefficient (Wildman–Crippen LogP) is 0.572. The van der Waals surface area contributed by atoms with Gasteiger partial charge in [0.2, 0.25) is 0 Å². The summed E-state index contributed by atoms with van der Waals surface area (Å²) in [5.74, 6) is -0.988. The van der Waals surface area contributed by atoms with Crippen LogP contribution in [0.1, 0.15) is 0 Å². The van der Waals surface area contributed by atoms with E-state index in [4.69, 9.17) is 10.8 Å². The normalized spacial score (nSPS) is 12.4. The molecule has 0 spiro atoms. The second-order valence-electron chi connectivity index (χ2n) is 2.34. The van der Waals surface area contributed by atoms with Crippen LogP contribution in [-0.2, 0) is 4.79 Å². The van der Waals surface area contributed by atoms with E-state index in [0.717, 1.165) is 5.69 Å². The molecule has 12 heavy (non-hydrogen) atoms. The quantitative estimate of drug-likeness (QED) is 0.642. The average Bonchev–Trinajstić information content (AvgIpc) is 2.51. The van der Waals surface area contributed by atoms with Gasteiger partial charge in [0, 0.05) is 17.6 Å². The zero-order valence-corrected chi connectivity index (χ0v) is 7.17. The Bertz CT molecular complexity index is 248. The van der Waals surface area contributed by atoms with Crippen molar-refractivity contribution in [1.82, 2.24) is 0 Å². The number of carboxylic acid groups (broad SMARTS) is 1. The Kier molecular flexibility index (Phi) is 3.07. The molecule has 1 aromatic rings. The van der Waals surface area contributed by atoms with Gasteiger partial charge in [-0.25, -0.2) is 0 Å². The molecule has 4 N–H and O–H groups in total. The first kappa shape index (κ1) is 9.02. The molecule has 0 saturated carbocycles. The minimum absolute atomic E-state index is 0.256. The Balaban J connectivity index is 2.31. The fraction of sp³-hybridized carbons (Fsp3) is 0.286. The lowest BCUT2D eigenvalue weighted by Gasteiger charge is -2.07. The minimum Gasteiger partial charge on any atom is -0.480 e. The monoisotopic (exact) mass is 186 g/mol. The number of rotatable bonds is 4. The summed E-state index contributed by atoms with van der Waals surface area (Å²) in [5, 5.41) is 15.2. The standard InChI is InChI=1S/C7H10N2O2S/c8-6(7(10)11)3-9-5-1-2-12-4-5/h1-2,4,6,9H,3,8H2,(H,10,11). The lowest BCUT2D eigenvalue weighted by Crippen LogP contribution is -2.36. The first-order chi connectivity index (χ1) is 5.70. The summed E-state index contributed by atoms with van der Waals surface area (Å²) in [7, 11) is 0. The molecule has 4 nitrogen and oxygen atoms in total. The van der Waals surface area contributed by atoms with E-state index < -0.39 is 12.0 Å². The Hall–Kier alpha value is -1.07. The number of thiophene rings is 1. The zero-order chi connectivity index (χ0) is 8.97. The van der Waals surface area contributed by atoms with Gasteiger partial charge in [-0.2, -0.15) is 11.3 Å². The molecule has 1 atom stereocenters. The molecule has 1 rings (SSSR count). The molecular weight excluding hydrogens is 176 g/mol. The highest BCUT2D eigenvalue weighted by molar-refractivity contribution is 7.08. The van der Waals surface area contributed by atoms with E-state index >= 15 is 0 Å². The van der Waals surface area contributed by atoms with Crippen LogP contribution in [0.25, 0.3) is 0 Å². The van der Waals surface area contributed by atoms with Crippen molar-refractivity contribution in [2.45, 2.75) is 6.04 Å². The molecule has 0 radical (unpaired) electrons. The van der Waals surface area contributed by atoms with Gasteiger partial charge >= 0.3 is 5.97 Å². The largest absolute Gasteiger partial charge is 0.480 e. The van der Waals surface area contributed by atoms with Crippen molar-refractivity contribution in [3.8, 4) is 0 Å². The molecule has 0 aliphatic heterocycles. The van der Waals surface area contributed by atoms with Crippen LogP contribution in [0.15, 0.2) is 16.8 Å². The van der Waals surface area contributed by atoms with Crippen molar-refractivity contribution < 1.29 is 9.90 Å². The highest BCUT2D eigenvalue weighted by atomic mass is 32.1. The maximum absolute atomic E-state index is 10.3. The summed E-state index contributed by atoms with van der Waals surface area (Å²) in [6.45, 7) is 0.256. The Morgan fingerprint density at radius 2 is 2.58 bits per heavy atom. The Labute approximate surface area is 74.0 Å². The first-order valence-corrected chi connectivity index (χ1v) is 4.39. The summed E-state index contributed by atoms with van der Waals surface area (Å²) in [5.41, 5.74) is 6.19. The van der Waals surface area contributed by atoms with Crippen molar-refractivity contribution in [1.29, 1.82) is 0 Å². The number of aliphatic carboxylic acids is 1. The molecule has 0 aliphatic rings. The van der Waals surface area contributed by atoms with Crippen LogP contribution in [0.2, 0.25) is 0 Å². The summed E-state index contributed by atoms with van der Waals surface area (Å²) in [6, 6.07) is 1.03. The highest BCUT2D eigenvalue weighted by Gasteiger charge is 2.09. The van der Waals surface area contributed by atoms with E-state index in [0.29, 0.717) is 0 Å². The Morgan fingerprint density at radius 3 is 3.08 bits per heavy atom. The van der Waals surface area contributed by atoms with Crippen LogP contribution in [-0.4, -0.2) is 23.7 Å². The smallest absolute Gasteiger partial charge is 0.322 e. The second-order valence-corrected chi connectivity index (χ2v) is 3.12. The molecular formula is C7H10N2O2S. The van der Waals surface area contributed by atoms with E-state index in [1.54, 1.807) is 11.3 Å². The summed E-state index contributed by atoms with van der Waals surface area (Å²) in [4.78, 5) is 10.3. The van der Waals surface area contributed by atoms with Crippen molar-refractivity contribution in [3.63, 3.8) is 0 Å². The van der Waals surface area contributed by atoms with Gasteiger partial charge in [0.05, 0.1) is 0 Å². The van der Waals surface area contributed by atoms with Crippen LogP contribution in [0.5, 0.6) is 0 Å². The third-order valence-electron chi connectivity index (χ3n) is 1.36. The van der Waals surface area contributed by atoms with E-state index in [1.807, 2.05) is 16.8 Å². The second kappa shape index (κ2) is 4.08. The fourth-order valence-electron chi connectivity index (χ4n) is 0.680. The van der Waals surface area contributed by atoms with Gasteiger partial charge in [0.1, 0.15) is 6.04 Å². The lowest BCUT2D eigenvalue weighted by molar-refractivity contribution is -0.138. The van der Waals surface area contributed by atoms with Crippen molar-refractivity contribution >= 4 is 23.0 Å². The third kappa shape index (κ3) is 2.52. The van der Waals surface area contributed by atoms with Crippen molar-refractivity contribution in [2.75, 3.05) is 11.9 Å². The minimum atomic E-state index is -0.988. The zero-order valence-electron chi connectivity index (χ0n) is 6.36. The van der Waals surface area contributed by atoms with Gasteiger partial charge in [-0.1, -0.05) is 0 Å². The van der Waals surface area contributed by atoms with E-state index in [9.17, 15) is 4.79 Å². The van der Waals surface area contributed by atoms with E-state index in [1.165, 1.54) is 0 Å². The molecule has 66 valence electrons. The molecule has 0 saturated heterocycles. The topological polar surface area (TPSA) is 75.3 Å². The van der Waals surface area contributed by atoms with Gasteiger partial charge in [-0.15, -0.1) is 0 Å². The molecule has 1 heterocycles. The van der Waals surface area contributed by atoms with Gasteiger partial charge < -0.3 is 16.2 Å². The van der Waals surface area contributed by atoms with E-state index in [2.05, 4.69) is 5.32 Å². The van der Waals surface area contributed by atoms with E-state index in [-0.39, 0.29) is 6.54 Å². The molecule has 0 aromatic carbocycles. The predicted molar refractivity (Wildman–Crippen MR) is 48.4 cm³/mol. The molecule has 1 unspecified atom stereocenters. The van der Waals surface area contributed by atoms with Crippen LogP contribution >= 0.6 is 11.3 Å². The fourth-order valence-corrected chi connectivity index (χ4v) is 1.29. The van der Waals surface area contributed by atoms with Crippen molar-refractivity contribution in [2.24, 2.45) is 5.73 Å². The van der Waals surface area contributed by atoms with Crippen LogP contribution in [0, 0.1) is 0 Å². The molecule has 0 aliphatic carbocycles. The van der Waals surface area contributed by atoms with Gasteiger partial charge in [-0.3, -0.25) is 4.79 Å². The summed E-state index contributed by atoms with van der Waals surface area (Å²) < 4.78 is 0. The maximum atomic E-state index is 10.3. The maximum Gasteiger partial charge on any atom is 0.322 e. The van der Waals surface area contributed by atoms with Crippen molar-refractivity contribution in [3.05, 3.63) is 16.8 Å². The van der Waals surface area contributed by atoms with Crippen LogP contribution in [0.4, 0.5) is 5.69 Å². The summed E-state index contributed by atoms with van der Waals surface area (Å²) >= 11 is 1.55. The summed E-state index contributed by atoms with van der Waals surface area (Å²) in [6.07, 6.45) is 0. The highest BCUT2D eigenvalue weighted by Crippen LogP contribution is 2.10. The van der Waals surface area contributed by atoms with Crippen LogP contribution in [0.3, 0.4) is 0 Å². The first-order valence-electron chi connectivity index (χ1n) is 3.44. The number of carbonyl (C=O) groups is 1. The Morgan fingerprint density at radius 1 is 1.83 bits per heavy atom. The third-order valence-corrected chi connectivity index (χ3v) is 2.05. The molecule has 0 fully saturated rings. The van der Waals surface area contributed by atoms with Crippen LogP contribution < -0.4 is 11.1 Å². The number of hydrogen-bond acceptors (Lipinski definition) is 4. The molecule has 0 amide bonds. The number of anilines is 1. The SMILES string of the molecule is NC(CNc1ccsc1)C(=O)O. The number of nitrogens with two attached hydrogens (primary N) is 1. The number of carboxylic acids is 1. The van der Waals surface area contributed by atoms with Gasteiger partial charge in [-0.05, 0) is 11.4 Å². The average molecular weight is 186 g/mol. The molecule has 0 bridgehead atoms.